The van der Waals surface area contributed by atoms with Gasteiger partial charge in [0.25, 0.3) is 5.91 Å². The zero-order chi connectivity index (χ0) is 14.6. The summed E-state index contributed by atoms with van der Waals surface area (Å²) < 4.78 is 1.51. The number of hydrogen-bond donors (Lipinski definition) is 2. The van der Waals surface area contributed by atoms with Gasteiger partial charge in [-0.1, -0.05) is 13.8 Å². The Morgan fingerprint density at radius 1 is 1.35 bits per heavy atom. The van der Waals surface area contributed by atoms with Crippen molar-refractivity contribution in [2.75, 3.05) is 13.2 Å². The zero-order valence-corrected chi connectivity index (χ0v) is 11.4. The van der Waals surface area contributed by atoms with Gasteiger partial charge in [-0.3, -0.25) is 4.79 Å². The van der Waals surface area contributed by atoms with Crippen molar-refractivity contribution in [1.29, 1.82) is 0 Å². The van der Waals surface area contributed by atoms with Crippen LogP contribution in [0.5, 0.6) is 0 Å². The Hall–Kier alpha value is -2.28. The average molecular weight is 275 g/mol. The lowest BCUT2D eigenvalue weighted by molar-refractivity contribution is 0.0911. The lowest BCUT2D eigenvalue weighted by atomic mass is 9.95. The van der Waals surface area contributed by atoms with E-state index in [1.165, 1.54) is 11.0 Å². The minimum atomic E-state index is -0.331. The molecule has 7 heteroatoms. The van der Waals surface area contributed by atoms with Crippen LogP contribution in [0.1, 0.15) is 24.2 Å². The first-order valence-corrected chi connectivity index (χ1v) is 6.24. The summed E-state index contributed by atoms with van der Waals surface area (Å²) in [7, 11) is 0. The number of carbonyl (C=O) groups excluding carboxylic acids is 1. The molecule has 0 spiro atoms. The van der Waals surface area contributed by atoms with Gasteiger partial charge in [0.15, 0.2) is 0 Å². The Morgan fingerprint density at radius 3 is 2.60 bits per heavy atom. The Balaban J connectivity index is 2.01. The van der Waals surface area contributed by atoms with Crippen molar-refractivity contribution in [3.63, 3.8) is 0 Å². The van der Waals surface area contributed by atoms with Crippen molar-refractivity contribution < 1.29 is 9.90 Å². The van der Waals surface area contributed by atoms with E-state index < -0.39 is 0 Å². The van der Waals surface area contributed by atoms with Gasteiger partial charge in [0.05, 0.1) is 5.69 Å². The maximum absolute atomic E-state index is 12.0. The normalized spacial score (nSPS) is 11.3. The Morgan fingerprint density at radius 2 is 2.05 bits per heavy atom. The molecule has 106 valence electrons. The summed E-state index contributed by atoms with van der Waals surface area (Å²) in [5, 5.41) is 22.8. The van der Waals surface area contributed by atoms with Crippen LogP contribution < -0.4 is 5.32 Å². The van der Waals surface area contributed by atoms with E-state index in [9.17, 15) is 4.79 Å². The maximum Gasteiger partial charge on any atom is 0.251 e. The molecule has 0 saturated carbocycles. The predicted octanol–water partition coefficient (Wildman–Crippen LogP) is 0.411. The second-order valence-electron chi connectivity index (χ2n) is 5.31. The molecule has 0 fully saturated rings. The van der Waals surface area contributed by atoms with Gasteiger partial charge in [0.2, 0.25) is 0 Å². The number of aromatic nitrogens is 4. The molecule has 1 heterocycles. The van der Waals surface area contributed by atoms with Crippen molar-refractivity contribution in [2.24, 2.45) is 5.41 Å². The Labute approximate surface area is 116 Å². The van der Waals surface area contributed by atoms with Crippen molar-refractivity contribution in [3.05, 3.63) is 36.2 Å². The first-order chi connectivity index (χ1) is 9.52. The Bertz CT molecular complexity index is 563. The summed E-state index contributed by atoms with van der Waals surface area (Å²) in [5.41, 5.74) is 1.000. The standard InChI is InChI=1S/C13H17N5O2/c1-13(2,8-19)7-14-12(20)10-3-5-11(6-4-10)18-9-15-16-17-18/h3-6,9,19H,7-8H2,1-2H3,(H,14,20). The number of carbonyl (C=O) groups is 1. The summed E-state index contributed by atoms with van der Waals surface area (Å²) in [5.74, 6) is -0.171. The quantitative estimate of drug-likeness (QED) is 0.824. The summed E-state index contributed by atoms with van der Waals surface area (Å²) in [6.07, 6.45) is 1.48. The van der Waals surface area contributed by atoms with Gasteiger partial charge in [0, 0.05) is 24.1 Å². The third-order valence-electron chi connectivity index (χ3n) is 2.90. The maximum atomic E-state index is 12.0. The minimum absolute atomic E-state index is 0.0194. The van der Waals surface area contributed by atoms with E-state index in [0.29, 0.717) is 12.1 Å². The highest BCUT2D eigenvalue weighted by Gasteiger charge is 2.17. The first-order valence-electron chi connectivity index (χ1n) is 6.24. The van der Waals surface area contributed by atoms with Crippen LogP contribution in [0, 0.1) is 5.41 Å². The first kappa shape index (κ1) is 14.1. The number of benzene rings is 1. The van der Waals surface area contributed by atoms with Crippen LogP contribution in [-0.2, 0) is 0 Å². The second-order valence-corrected chi connectivity index (χ2v) is 5.31. The zero-order valence-electron chi connectivity index (χ0n) is 11.4. The molecule has 20 heavy (non-hydrogen) atoms. The van der Waals surface area contributed by atoms with Crippen LogP contribution in [0.2, 0.25) is 0 Å². The van der Waals surface area contributed by atoms with E-state index in [1.807, 2.05) is 13.8 Å². The molecule has 2 rings (SSSR count). The molecular weight excluding hydrogens is 258 g/mol. The fourth-order valence-electron chi connectivity index (χ4n) is 1.52. The number of hydrogen-bond acceptors (Lipinski definition) is 5. The molecule has 2 aromatic rings. The molecule has 1 aromatic heterocycles. The lowest BCUT2D eigenvalue weighted by Gasteiger charge is -2.21. The number of aliphatic hydroxyl groups excluding tert-OH is 1. The number of amides is 1. The molecule has 0 aliphatic rings. The number of aliphatic hydroxyl groups is 1. The summed E-state index contributed by atoms with van der Waals surface area (Å²) >= 11 is 0. The van der Waals surface area contributed by atoms with Crippen LogP contribution in [0.15, 0.2) is 30.6 Å². The van der Waals surface area contributed by atoms with Crippen molar-refractivity contribution in [1.82, 2.24) is 25.5 Å². The fourth-order valence-corrected chi connectivity index (χ4v) is 1.52. The van der Waals surface area contributed by atoms with Crippen molar-refractivity contribution >= 4 is 5.91 Å². The fraction of sp³-hybridized carbons (Fsp3) is 0.385. The predicted molar refractivity (Wildman–Crippen MR) is 72.4 cm³/mol. The summed E-state index contributed by atoms with van der Waals surface area (Å²) in [6, 6.07) is 6.95. The second kappa shape index (κ2) is 5.79. The number of nitrogens with one attached hydrogen (secondary N) is 1. The van der Waals surface area contributed by atoms with Crippen LogP contribution >= 0.6 is 0 Å². The molecule has 2 N–H and O–H groups in total. The van der Waals surface area contributed by atoms with E-state index in [4.69, 9.17) is 5.11 Å². The molecule has 0 saturated heterocycles. The third-order valence-corrected chi connectivity index (χ3v) is 2.90. The molecule has 0 aliphatic carbocycles. The molecule has 0 unspecified atom stereocenters. The molecular formula is C13H17N5O2. The van der Waals surface area contributed by atoms with E-state index in [2.05, 4.69) is 20.8 Å². The Kier molecular flexibility index (Phi) is 4.09. The van der Waals surface area contributed by atoms with E-state index in [1.54, 1.807) is 24.3 Å². The topological polar surface area (TPSA) is 92.9 Å². The van der Waals surface area contributed by atoms with Crippen molar-refractivity contribution in [3.8, 4) is 5.69 Å². The smallest absolute Gasteiger partial charge is 0.251 e. The van der Waals surface area contributed by atoms with Gasteiger partial charge in [-0.2, -0.15) is 0 Å². The SMILES string of the molecule is CC(C)(CO)CNC(=O)c1ccc(-n2cnnn2)cc1. The average Bonchev–Trinajstić information content (AvgIpc) is 2.99. The third kappa shape index (κ3) is 3.39. The van der Waals surface area contributed by atoms with Gasteiger partial charge >= 0.3 is 0 Å². The van der Waals surface area contributed by atoms with E-state index >= 15 is 0 Å². The summed E-state index contributed by atoms with van der Waals surface area (Å²) in [4.78, 5) is 12.0. The molecule has 1 amide bonds. The molecule has 7 nitrogen and oxygen atoms in total. The highest BCUT2D eigenvalue weighted by molar-refractivity contribution is 5.94. The molecule has 0 bridgehead atoms. The van der Waals surface area contributed by atoms with Gasteiger partial charge < -0.3 is 10.4 Å². The monoisotopic (exact) mass is 275 g/mol. The van der Waals surface area contributed by atoms with Gasteiger partial charge in [-0.05, 0) is 34.7 Å². The number of tetrazole rings is 1. The molecule has 0 aliphatic heterocycles. The van der Waals surface area contributed by atoms with Crippen LogP contribution in [-0.4, -0.2) is 44.4 Å². The molecule has 1 aromatic carbocycles. The number of rotatable bonds is 5. The van der Waals surface area contributed by atoms with Gasteiger partial charge in [-0.15, -0.1) is 5.10 Å². The molecule has 0 atom stereocenters. The van der Waals surface area contributed by atoms with E-state index in [-0.39, 0.29) is 17.9 Å². The van der Waals surface area contributed by atoms with Gasteiger partial charge in [0.1, 0.15) is 6.33 Å². The van der Waals surface area contributed by atoms with Crippen LogP contribution in [0.4, 0.5) is 0 Å². The highest BCUT2D eigenvalue weighted by atomic mass is 16.3. The van der Waals surface area contributed by atoms with E-state index in [0.717, 1.165) is 5.69 Å². The molecule has 0 radical (unpaired) electrons. The number of nitrogens with zero attached hydrogens (tertiary/aromatic N) is 4. The largest absolute Gasteiger partial charge is 0.396 e. The van der Waals surface area contributed by atoms with Gasteiger partial charge in [-0.25, -0.2) is 4.68 Å². The lowest BCUT2D eigenvalue weighted by Crippen LogP contribution is -2.36. The van der Waals surface area contributed by atoms with Crippen LogP contribution in [0.3, 0.4) is 0 Å². The minimum Gasteiger partial charge on any atom is -0.396 e. The van der Waals surface area contributed by atoms with Crippen LogP contribution in [0.25, 0.3) is 5.69 Å². The van der Waals surface area contributed by atoms with Crippen molar-refractivity contribution in [2.45, 2.75) is 13.8 Å². The highest BCUT2D eigenvalue weighted by Crippen LogP contribution is 2.12. The summed E-state index contributed by atoms with van der Waals surface area (Å²) in [6.45, 7) is 4.20.